The van der Waals surface area contributed by atoms with Crippen LogP contribution in [0.2, 0.25) is 0 Å². The van der Waals surface area contributed by atoms with Gasteiger partial charge in [-0.25, -0.2) is 27.2 Å². The van der Waals surface area contributed by atoms with Gasteiger partial charge in [-0.3, -0.25) is 0 Å². The molecule has 222 valence electrons. The first-order chi connectivity index (χ1) is 18.3. The fourth-order valence-electron chi connectivity index (χ4n) is 3.88. The number of halogens is 10. The summed E-state index contributed by atoms with van der Waals surface area (Å²) >= 11 is 0. The molecule has 0 aromatic heterocycles. The highest BCUT2D eigenvalue weighted by atomic mass is 19.4. The predicted octanol–water partition coefficient (Wildman–Crippen LogP) is 7.89. The van der Waals surface area contributed by atoms with E-state index in [1.54, 1.807) is 0 Å². The van der Waals surface area contributed by atoms with E-state index in [1.165, 1.54) is 36.4 Å². The van der Waals surface area contributed by atoms with E-state index >= 15 is 17.6 Å². The van der Waals surface area contributed by atoms with Crippen molar-refractivity contribution >= 4 is 11.9 Å². The maximum atomic E-state index is 15.2. The molecular formula is C26H24F10O4. The van der Waals surface area contributed by atoms with Crippen molar-refractivity contribution < 1.29 is 63.0 Å². The maximum Gasteiger partial charge on any atom is 0.431 e. The van der Waals surface area contributed by atoms with Crippen molar-refractivity contribution in [1.82, 2.24) is 0 Å². The van der Waals surface area contributed by atoms with Crippen LogP contribution in [-0.4, -0.2) is 48.3 Å². The van der Waals surface area contributed by atoms with E-state index in [9.17, 15) is 35.9 Å². The molecule has 0 aliphatic heterocycles. The Hall–Kier alpha value is -3.32. The molecule has 0 amide bonds. The van der Waals surface area contributed by atoms with E-state index in [0.29, 0.717) is 6.92 Å². The molecule has 4 nitrogen and oxygen atoms in total. The molecule has 4 atom stereocenters. The van der Waals surface area contributed by atoms with Gasteiger partial charge >= 0.3 is 24.3 Å². The molecule has 0 radical (unpaired) electrons. The highest BCUT2D eigenvalue weighted by Gasteiger charge is 2.65. The van der Waals surface area contributed by atoms with Crippen molar-refractivity contribution in [3.63, 3.8) is 0 Å². The Morgan fingerprint density at radius 1 is 0.650 bits per heavy atom. The van der Waals surface area contributed by atoms with Crippen molar-refractivity contribution in [2.45, 2.75) is 63.1 Å². The topological polar surface area (TPSA) is 52.6 Å². The SMILES string of the molecule is CCC(CC(C)C(F)(F)C(OC(=O)c1ccccc1)C(F)(F)F)C(F)(F)C(OC(=O)c1ccccc1)C(F)(F)F. The Kier molecular flexibility index (Phi) is 10.2. The normalized spacial score (nSPS) is 16.0. The number of carbonyl (C=O) groups excluding carboxylic acids is 2. The summed E-state index contributed by atoms with van der Waals surface area (Å²) in [6, 6.07) is 11.6. The average Bonchev–Trinajstić information content (AvgIpc) is 2.87. The fraction of sp³-hybridized carbons (Fsp3) is 0.462. The van der Waals surface area contributed by atoms with Gasteiger partial charge in [0.05, 0.1) is 11.1 Å². The molecular weight excluding hydrogens is 566 g/mol. The lowest BCUT2D eigenvalue weighted by Gasteiger charge is -2.37. The van der Waals surface area contributed by atoms with Gasteiger partial charge in [-0.05, 0) is 37.1 Å². The third-order valence-electron chi connectivity index (χ3n) is 6.09. The second kappa shape index (κ2) is 12.5. The van der Waals surface area contributed by atoms with Crippen molar-refractivity contribution in [3.05, 3.63) is 71.8 Å². The second-order valence-corrected chi connectivity index (χ2v) is 8.98. The molecule has 14 heteroatoms. The van der Waals surface area contributed by atoms with E-state index in [-0.39, 0.29) is 0 Å². The van der Waals surface area contributed by atoms with Gasteiger partial charge < -0.3 is 9.47 Å². The molecule has 2 aromatic carbocycles. The Morgan fingerprint density at radius 3 is 1.32 bits per heavy atom. The molecule has 2 rings (SSSR count). The van der Waals surface area contributed by atoms with Crippen LogP contribution in [0.1, 0.15) is 47.4 Å². The van der Waals surface area contributed by atoms with Gasteiger partial charge in [0.25, 0.3) is 24.1 Å². The highest BCUT2D eigenvalue weighted by molar-refractivity contribution is 5.90. The van der Waals surface area contributed by atoms with Gasteiger partial charge in [0.1, 0.15) is 0 Å². The van der Waals surface area contributed by atoms with Crippen LogP contribution in [0.4, 0.5) is 43.9 Å². The lowest BCUT2D eigenvalue weighted by atomic mass is 9.82. The van der Waals surface area contributed by atoms with E-state index in [4.69, 9.17) is 0 Å². The van der Waals surface area contributed by atoms with Crippen molar-refractivity contribution in [1.29, 1.82) is 0 Å². The van der Waals surface area contributed by atoms with E-state index in [0.717, 1.165) is 31.2 Å². The monoisotopic (exact) mass is 590 g/mol. The summed E-state index contributed by atoms with van der Waals surface area (Å²) in [4.78, 5) is 24.2. The van der Waals surface area contributed by atoms with Crippen LogP contribution in [0.15, 0.2) is 60.7 Å². The number of esters is 2. The quantitative estimate of drug-likeness (QED) is 0.197. The van der Waals surface area contributed by atoms with Crippen molar-refractivity contribution in [3.8, 4) is 0 Å². The number of hydrogen-bond acceptors (Lipinski definition) is 4. The number of hydrogen-bond donors (Lipinski definition) is 0. The lowest BCUT2D eigenvalue weighted by molar-refractivity contribution is -0.292. The van der Waals surface area contributed by atoms with Gasteiger partial charge in [0.2, 0.25) is 0 Å². The summed E-state index contributed by atoms with van der Waals surface area (Å²) in [5.74, 6) is -18.9. The molecule has 0 saturated carbocycles. The molecule has 0 bridgehead atoms. The van der Waals surface area contributed by atoms with Gasteiger partial charge in [-0.1, -0.05) is 50.2 Å². The molecule has 0 saturated heterocycles. The number of rotatable bonds is 11. The van der Waals surface area contributed by atoms with Crippen molar-refractivity contribution in [2.75, 3.05) is 0 Å². The molecule has 4 unspecified atom stereocenters. The third-order valence-corrected chi connectivity index (χ3v) is 6.09. The second-order valence-electron chi connectivity index (χ2n) is 8.98. The van der Waals surface area contributed by atoms with E-state index < -0.39 is 84.1 Å². The number of carbonyl (C=O) groups is 2. The number of benzene rings is 2. The smallest absolute Gasteiger partial charge is 0.431 e. The zero-order valence-electron chi connectivity index (χ0n) is 20.9. The summed E-state index contributed by atoms with van der Waals surface area (Å²) in [7, 11) is 0. The van der Waals surface area contributed by atoms with Crippen molar-refractivity contribution in [2.24, 2.45) is 11.8 Å². The Morgan fingerprint density at radius 2 is 1.00 bits per heavy atom. The molecule has 40 heavy (non-hydrogen) atoms. The minimum absolute atomic E-state index is 0.409. The van der Waals surface area contributed by atoms with Crippen LogP contribution >= 0.6 is 0 Å². The van der Waals surface area contributed by atoms with E-state index in [2.05, 4.69) is 9.47 Å². The largest absolute Gasteiger partial charge is 0.442 e. The predicted molar refractivity (Wildman–Crippen MR) is 121 cm³/mol. The molecule has 0 fully saturated rings. The number of ether oxygens (including phenoxy) is 2. The molecule has 0 aliphatic rings. The first kappa shape index (κ1) is 32.9. The first-order valence-electron chi connectivity index (χ1n) is 11.7. The molecule has 0 N–H and O–H groups in total. The van der Waals surface area contributed by atoms with Gasteiger partial charge in [0, 0.05) is 11.8 Å². The molecule has 0 spiro atoms. The van der Waals surface area contributed by atoms with Gasteiger partial charge in [-0.2, -0.15) is 26.3 Å². The van der Waals surface area contributed by atoms with Crippen LogP contribution in [-0.2, 0) is 9.47 Å². The summed E-state index contributed by atoms with van der Waals surface area (Å²) in [5, 5.41) is 0. The summed E-state index contributed by atoms with van der Waals surface area (Å²) in [6.07, 6.45) is -22.4. The Balaban J connectivity index is 2.34. The van der Waals surface area contributed by atoms with Crippen LogP contribution in [0.5, 0.6) is 0 Å². The highest BCUT2D eigenvalue weighted by Crippen LogP contribution is 2.47. The Labute approximate surface area is 222 Å². The fourth-order valence-corrected chi connectivity index (χ4v) is 3.88. The van der Waals surface area contributed by atoms with Crippen LogP contribution in [0.25, 0.3) is 0 Å². The first-order valence-corrected chi connectivity index (χ1v) is 11.7. The van der Waals surface area contributed by atoms with E-state index in [1.807, 2.05) is 0 Å². The minimum atomic E-state index is -5.87. The molecule has 0 heterocycles. The molecule has 0 aliphatic carbocycles. The van der Waals surface area contributed by atoms with Crippen LogP contribution in [0.3, 0.4) is 0 Å². The number of alkyl halides is 10. The lowest BCUT2D eigenvalue weighted by Crippen LogP contribution is -2.54. The van der Waals surface area contributed by atoms with Crippen LogP contribution < -0.4 is 0 Å². The Bertz CT molecular complexity index is 1120. The summed E-state index contributed by atoms with van der Waals surface area (Å²) in [6.45, 7) is 1.32. The third kappa shape index (κ3) is 7.87. The maximum absolute atomic E-state index is 15.2. The van der Waals surface area contributed by atoms with Gasteiger partial charge in [-0.15, -0.1) is 0 Å². The van der Waals surface area contributed by atoms with Crippen LogP contribution in [0, 0.1) is 11.8 Å². The molecule has 2 aromatic rings. The van der Waals surface area contributed by atoms with Gasteiger partial charge in [0.15, 0.2) is 0 Å². The summed E-state index contributed by atoms with van der Waals surface area (Å²) < 4.78 is 150. The average molecular weight is 590 g/mol. The zero-order chi connectivity index (χ0) is 30.5. The summed E-state index contributed by atoms with van der Waals surface area (Å²) in [5.41, 5.74) is -1.01. The zero-order valence-corrected chi connectivity index (χ0v) is 20.9. The minimum Gasteiger partial charge on any atom is -0.442 e. The standard InChI is InChI=1S/C26H24F10O4/c1-3-18(24(29,30)22(26(34,35)36)40-20(38)17-12-8-5-9-13-17)14-15(2)23(27,28)21(25(31,32)33)39-19(37)16-10-6-4-7-11-16/h4-13,15,18,21-22H,3,14H2,1-2H3.